The van der Waals surface area contributed by atoms with Gasteiger partial charge in [0, 0.05) is 0 Å². The zero-order valence-electron chi connectivity index (χ0n) is 22.7. The van der Waals surface area contributed by atoms with E-state index in [9.17, 15) is 0 Å². The maximum absolute atomic E-state index is 2.44. The topological polar surface area (TPSA) is 0 Å². The van der Waals surface area contributed by atoms with Crippen LogP contribution in [0.25, 0.3) is 0 Å². The molecule has 0 radical (unpaired) electrons. The molecular formula is C36H45P. The van der Waals surface area contributed by atoms with Crippen molar-refractivity contribution in [2.75, 3.05) is 0 Å². The van der Waals surface area contributed by atoms with E-state index in [1.807, 2.05) is 0 Å². The molecule has 0 aliphatic carbocycles. The summed E-state index contributed by atoms with van der Waals surface area (Å²) in [6.07, 6.45) is 14.9. The average Bonchev–Trinajstić information content (AvgIpc) is 2.97. The number of benzene rings is 4. The molecule has 0 aliphatic heterocycles. The van der Waals surface area contributed by atoms with Crippen molar-refractivity contribution in [3.63, 3.8) is 0 Å². The molecule has 0 N–H and O–H groups in total. The molecular weight excluding hydrogens is 463 g/mol. The first-order chi connectivity index (χ1) is 18.4. The van der Waals surface area contributed by atoms with Crippen LogP contribution in [0.2, 0.25) is 0 Å². The Labute approximate surface area is 226 Å². The molecule has 0 amide bonds. The van der Waals surface area contributed by atoms with E-state index in [1.54, 1.807) is 5.30 Å². The van der Waals surface area contributed by atoms with E-state index in [4.69, 9.17) is 0 Å². The first kappa shape index (κ1) is 27.3. The zero-order chi connectivity index (χ0) is 25.6. The maximum atomic E-state index is 2.44. The Morgan fingerprint density at radius 1 is 0.405 bits per heavy atom. The standard InChI is InChI=1S/C36H45P/c1-2-3-4-5-6-7-8-9-10-14-23-32-24-21-22-31-36(32)37(33-25-15-11-16-26-33,34-27-17-12-18-28-34)35-29-19-13-20-30-35/h11-13,15-22,24-31,37H,2-10,14,23H2,1H3. The number of unbranched alkanes of at least 4 members (excludes halogenated alkanes) is 9. The molecule has 0 aliphatic rings. The summed E-state index contributed by atoms with van der Waals surface area (Å²) in [7, 11) is -2.44. The zero-order valence-corrected chi connectivity index (χ0v) is 23.7. The molecule has 0 heterocycles. The summed E-state index contributed by atoms with van der Waals surface area (Å²) in [5.41, 5.74) is 1.53. The molecule has 0 saturated heterocycles. The molecule has 0 saturated carbocycles. The van der Waals surface area contributed by atoms with Crippen molar-refractivity contribution in [3.8, 4) is 0 Å². The van der Waals surface area contributed by atoms with Crippen LogP contribution >= 0.6 is 7.26 Å². The van der Waals surface area contributed by atoms with E-state index in [1.165, 1.54) is 85.7 Å². The molecule has 0 aromatic heterocycles. The van der Waals surface area contributed by atoms with Crippen LogP contribution in [-0.2, 0) is 6.42 Å². The van der Waals surface area contributed by atoms with Crippen molar-refractivity contribution in [3.05, 3.63) is 121 Å². The van der Waals surface area contributed by atoms with Gasteiger partial charge in [0.15, 0.2) is 0 Å². The Morgan fingerprint density at radius 2 is 0.784 bits per heavy atom. The van der Waals surface area contributed by atoms with Gasteiger partial charge in [0.05, 0.1) is 0 Å². The fourth-order valence-electron chi connectivity index (χ4n) is 5.94. The Bertz CT molecular complexity index is 1050. The molecule has 4 aromatic carbocycles. The average molecular weight is 509 g/mol. The quantitative estimate of drug-likeness (QED) is 0.112. The van der Waals surface area contributed by atoms with Gasteiger partial charge in [0.1, 0.15) is 0 Å². The third kappa shape index (κ3) is 7.00. The van der Waals surface area contributed by atoms with Gasteiger partial charge in [-0.25, -0.2) is 0 Å². The van der Waals surface area contributed by atoms with E-state index >= 15 is 0 Å². The molecule has 1 heteroatoms. The molecule has 37 heavy (non-hydrogen) atoms. The van der Waals surface area contributed by atoms with Crippen LogP contribution in [0.1, 0.15) is 76.7 Å². The van der Waals surface area contributed by atoms with Gasteiger partial charge in [-0.15, -0.1) is 0 Å². The minimum absolute atomic E-state index is 1.16. The Balaban J connectivity index is 1.60. The van der Waals surface area contributed by atoms with E-state index < -0.39 is 7.26 Å². The Morgan fingerprint density at radius 3 is 1.24 bits per heavy atom. The van der Waals surface area contributed by atoms with Crippen molar-refractivity contribution in [2.45, 2.75) is 77.6 Å². The molecule has 4 aromatic rings. The fraction of sp³-hybridized carbons (Fsp3) is 0.333. The summed E-state index contributed by atoms with van der Waals surface area (Å²) < 4.78 is 0. The van der Waals surface area contributed by atoms with Crippen molar-refractivity contribution in [2.24, 2.45) is 0 Å². The summed E-state index contributed by atoms with van der Waals surface area (Å²) in [6.45, 7) is 2.30. The summed E-state index contributed by atoms with van der Waals surface area (Å²) in [5, 5.41) is 5.93. The number of hydrogen-bond donors (Lipinski definition) is 0. The SMILES string of the molecule is CCCCCCCCCCCCc1ccccc1[PH](c1ccccc1)(c1ccccc1)c1ccccc1. The van der Waals surface area contributed by atoms with Gasteiger partial charge in [-0.05, 0) is 0 Å². The fourth-order valence-corrected chi connectivity index (χ4v) is 11.0. The van der Waals surface area contributed by atoms with Crippen LogP contribution in [0.4, 0.5) is 0 Å². The van der Waals surface area contributed by atoms with Gasteiger partial charge in [0.2, 0.25) is 0 Å². The molecule has 4 rings (SSSR count). The second kappa shape index (κ2) is 14.9. The number of aryl methyl sites for hydroxylation is 1. The van der Waals surface area contributed by atoms with Gasteiger partial charge >= 0.3 is 214 Å². The van der Waals surface area contributed by atoms with Gasteiger partial charge in [-0.1, -0.05) is 13.3 Å². The van der Waals surface area contributed by atoms with E-state index in [0.717, 1.165) is 6.42 Å². The number of rotatable bonds is 15. The van der Waals surface area contributed by atoms with Crippen LogP contribution in [0.15, 0.2) is 115 Å². The summed E-state index contributed by atoms with van der Waals surface area (Å²) >= 11 is 0. The monoisotopic (exact) mass is 508 g/mol. The summed E-state index contributed by atoms with van der Waals surface area (Å²) in [5.74, 6) is 0. The van der Waals surface area contributed by atoms with Crippen LogP contribution in [0, 0.1) is 0 Å². The first-order valence-electron chi connectivity index (χ1n) is 14.6. The van der Waals surface area contributed by atoms with Gasteiger partial charge in [-0.2, -0.15) is 0 Å². The third-order valence-electron chi connectivity index (χ3n) is 7.84. The minimum atomic E-state index is -2.44. The predicted molar refractivity (Wildman–Crippen MR) is 168 cm³/mol. The van der Waals surface area contributed by atoms with Crippen molar-refractivity contribution >= 4 is 28.5 Å². The molecule has 0 unspecified atom stereocenters. The second-order valence-corrected chi connectivity index (χ2v) is 14.2. The molecule has 0 fully saturated rings. The normalized spacial score (nSPS) is 11.9. The van der Waals surface area contributed by atoms with Gasteiger partial charge in [-0.3, -0.25) is 0 Å². The predicted octanol–water partition coefficient (Wildman–Crippen LogP) is 8.50. The molecule has 0 bridgehead atoms. The second-order valence-electron chi connectivity index (χ2n) is 10.4. The first-order valence-corrected chi connectivity index (χ1v) is 16.6. The molecule has 0 spiro atoms. The van der Waals surface area contributed by atoms with Gasteiger partial charge < -0.3 is 0 Å². The van der Waals surface area contributed by atoms with Crippen LogP contribution in [0.5, 0.6) is 0 Å². The Hall–Kier alpha value is -2.69. The van der Waals surface area contributed by atoms with Crippen molar-refractivity contribution in [1.82, 2.24) is 0 Å². The Kier molecular flexibility index (Phi) is 11.0. The van der Waals surface area contributed by atoms with Crippen molar-refractivity contribution in [1.29, 1.82) is 0 Å². The summed E-state index contributed by atoms with van der Waals surface area (Å²) in [6, 6.07) is 43.3. The molecule has 0 nitrogen and oxygen atoms in total. The molecule has 194 valence electrons. The van der Waals surface area contributed by atoms with E-state index in [0.29, 0.717) is 0 Å². The van der Waals surface area contributed by atoms with Crippen LogP contribution in [-0.4, -0.2) is 0 Å². The van der Waals surface area contributed by atoms with Crippen molar-refractivity contribution < 1.29 is 0 Å². The molecule has 0 atom stereocenters. The van der Waals surface area contributed by atoms with Crippen LogP contribution in [0.3, 0.4) is 0 Å². The van der Waals surface area contributed by atoms with Crippen LogP contribution < -0.4 is 21.2 Å². The van der Waals surface area contributed by atoms with Gasteiger partial charge in [0.25, 0.3) is 0 Å². The van der Waals surface area contributed by atoms with E-state index in [-0.39, 0.29) is 0 Å². The summed E-state index contributed by atoms with van der Waals surface area (Å²) in [4.78, 5) is 0. The number of hydrogen-bond acceptors (Lipinski definition) is 0. The van der Waals surface area contributed by atoms with E-state index in [2.05, 4.69) is 122 Å². The third-order valence-corrected chi connectivity index (χ3v) is 12.7.